The highest BCUT2D eigenvalue weighted by Gasteiger charge is 2.35. The number of benzene rings is 2. The van der Waals surface area contributed by atoms with E-state index in [4.69, 9.17) is 11.6 Å². The summed E-state index contributed by atoms with van der Waals surface area (Å²) < 4.78 is 0. The first kappa shape index (κ1) is 19.4. The quantitative estimate of drug-likeness (QED) is 0.362. The van der Waals surface area contributed by atoms with Crippen LogP contribution in [-0.2, 0) is 0 Å². The Morgan fingerprint density at radius 1 is 1.33 bits per heavy atom. The van der Waals surface area contributed by atoms with Gasteiger partial charge in [-0.15, -0.1) is 0 Å². The van der Waals surface area contributed by atoms with Crippen LogP contribution in [0.2, 0.25) is 5.02 Å². The maximum atomic E-state index is 11.0. The van der Waals surface area contributed by atoms with E-state index in [-0.39, 0.29) is 16.2 Å². The van der Waals surface area contributed by atoms with Crippen molar-refractivity contribution in [2.45, 2.75) is 45.6 Å². The molecule has 3 rings (SSSR count). The van der Waals surface area contributed by atoms with Crippen molar-refractivity contribution in [1.82, 2.24) is 0 Å². The third kappa shape index (κ3) is 3.83. The average molecular weight is 386 g/mol. The average Bonchev–Trinajstić information content (AvgIpc) is 2.60. The van der Waals surface area contributed by atoms with Gasteiger partial charge in [-0.05, 0) is 68.5 Å². The molecular formula is C21H24ClN3O2. The van der Waals surface area contributed by atoms with Gasteiger partial charge in [0.05, 0.1) is 10.6 Å². The molecule has 6 heteroatoms. The normalized spacial score (nSPS) is 18.6. The van der Waals surface area contributed by atoms with Gasteiger partial charge >= 0.3 is 0 Å². The van der Waals surface area contributed by atoms with Crippen LogP contribution < -0.4 is 4.90 Å². The fourth-order valence-electron chi connectivity index (χ4n) is 4.06. The largest absolute Gasteiger partial charge is 0.366 e. The fourth-order valence-corrected chi connectivity index (χ4v) is 4.24. The van der Waals surface area contributed by atoms with Crippen LogP contribution in [-0.4, -0.2) is 23.2 Å². The number of nitrogens with zero attached hydrogens (tertiary/aromatic N) is 3. The molecule has 0 aromatic heterocycles. The van der Waals surface area contributed by atoms with Crippen LogP contribution in [0.1, 0.15) is 51.2 Å². The van der Waals surface area contributed by atoms with E-state index in [9.17, 15) is 10.1 Å². The number of rotatable bonds is 4. The number of nitro groups is 1. The van der Waals surface area contributed by atoms with E-state index in [0.29, 0.717) is 11.6 Å². The van der Waals surface area contributed by atoms with E-state index in [1.807, 2.05) is 6.07 Å². The monoisotopic (exact) mass is 385 g/mol. The minimum atomic E-state index is -0.497. The molecule has 1 aliphatic heterocycles. The Kier molecular flexibility index (Phi) is 5.24. The summed E-state index contributed by atoms with van der Waals surface area (Å²) in [5.41, 5.74) is 4.09. The summed E-state index contributed by atoms with van der Waals surface area (Å²) in [6.07, 6.45) is 2.84. The standard InChI is InChI=1S/C21H24ClN3O2/c1-5-24-19-9-6-15(10-17(19)14(2)12-21(24,3)4)13-23-16-7-8-18(22)20(11-16)25(26)27/h6-11,13-14H,5,12H2,1-4H3. The van der Waals surface area contributed by atoms with E-state index in [0.717, 1.165) is 18.5 Å². The van der Waals surface area contributed by atoms with Crippen LogP contribution in [0.4, 0.5) is 17.1 Å². The van der Waals surface area contributed by atoms with Crippen molar-refractivity contribution in [3.05, 3.63) is 62.7 Å². The number of halogens is 1. The first-order valence-electron chi connectivity index (χ1n) is 9.12. The van der Waals surface area contributed by atoms with E-state index in [2.05, 4.69) is 49.7 Å². The molecule has 0 radical (unpaired) electrons. The summed E-state index contributed by atoms with van der Waals surface area (Å²) >= 11 is 5.86. The highest BCUT2D eigenvalue weighted by molar-refractivity contribution is 6.32. The molecule has 0 fully saturated rings. The summed E-state index contributed by atoms with van der Waals surface area (Å²) in [5.74, 6) is 0.461. The third-order valence-corrected chi connectivity index (χ3v) is 5.53. The topological polar surface area (TPSA) is 58.7 Å². The van der Waals surface area contributed by atoms with Gasteiger partial charge in [-0.3, -0.25) is 15.1 Å². The predicted octanol–water partition coefficient (Wildman–Crippen LogP) is 6.11. The van der Waals surface area contributed by atoms with Crippen molar-refractivity contribution in [3.8, 4) is 0 Å². The zero-order valence-electron chi connectivity index (χ0n) is 16.1. The van der Waals surface area contributed by atoms with E-state index in [1.54, 1.807) is 12.3 Å². The van der Waals surface area contributed by atoms with Crippen LogP contribution >= 0.6 is 11.6 Å². The van der Waals surface area contributed by atoms with Crippen LogP contribution in [0, 0.1) is 10.1 Å². The number of fused-ring (bicyclic) bond motifs is 1. The van der Waals surface area contributed by atoms with Gasteiger partial charge in [0.25, 0.3) is 5.69 Å². The first-order chi connectivity index (χ1) is 12.7. The third-order valence-electron chi connectivity index (χ3n) is 5.22. The van der Waals surface area contributed by atoms with Gasteiger partial charge in [0.1, 0.15) is 5.02 Å². The summed E-state index contributed by atoms with van der Waals surface area (Å²) in [4.78, 5) is 17.4. The maximum absolute atomic E-state index is 11.0. The molecule has 5 nitrogen and oxygen atoms in total. The fraction of sp³-hybridized carbons (Fsp3) is 0.381. The minimum absolute atomic E-state index is 0.115. The van der Waals surface area contributed by atoms with Gasteiger partial charge in [-0.1, -0.05) is 24.6 Å². The van der Waals surface area contributed by atoms with Crippen molar-refractivity contribution in [2.75, 3.05) is 11.4 Å². The van der Waals surface area contributed by atoms with Crippen molar-refractivity contribution in [3.63, 3.8) is 0 Å². The van der Waals surface area contributed by atoms with Gasteiger partial charge in [-0.25, -0.2) is 0 Å². The van der Waals surface area contributed by atoms with Crippen LogP contribution in [0.25, 0.3) is 0 Å². The van der Waals surface area contributed by atoms with Crippen molar-refractivity contribution in [1.29, 1.82) is 0 Å². The summed E-state index contributed by atoms with van der Waals surface area (Å²) in [6.45, 7) is 9.99. The Morgan fingerprint density at radius 3 is 2.74 bits per heavy atom. The maximum Gasteiger partial charge on any atom is 0.290 e. The Labute approximate surface area is 164 Å². The number of anilines is 1. The van der Waals surface area contributed by atoms with E-state index >= 15 is 0 Å². The summed E-state index contributed by atoms with van der Waals surface area (Å²) in [6, 6.07) is 10.9. The van der Waals surface area contributed by atoms with Gasteiger partial charge in [0.2, 0.25) is 0 Å². The number of aliphatic imine (C=N–C) groups is 1. The summed E-state index contributed by atoms with van der Waals surface area (Å²) in [5, 5.41) is 11.1. The molecule has 1 heterocycles. The van der Waals surface area contributed by atoms with Gasteiger partial charge in [-0.2, -0.15) is 0 Å². The number of nitro benzene ring substituents is 1. The Morgan fingerprint density at radius 2 is 2.07 bits per heavy atom. The Bertz CT molecular complexity index is 908. The molecule has 0 N–H and O–H groups in total. The smallest absolute Gasteiger partial charge is 0.290 e. The molecule has 0 saturated carbocycles. The molecule has 0 saturated heterocycles. The van der Waals surface area contributed by atoms with E-state index in [1.165, 1.54) is 23.4 Å². The SMILES string of the molecule is CCN1c2ccc(C=Nc3ccc(Cl)c([N+](=O)[O-])c3)cc2C(C)CC1(C)C. The lowest BCUT2D eigenvalue weighted by atomic mass is 9.79. The minimum Gasteiger partial charge on any atom is -0.366 e. The lowest BCUT2D eigenvalue weighted by Crippen LogP contribution is -2.48. The van der Waals surface area contributed by atoms with E-state index < -0.39 is 4.92 Å². The second-order valence-electron chi connectivity index (χ2n) is 7.63. The molecular weight excluding hydrogens is 362 g/mol. The highest BCUT2D eigenvalue weighted by Crippen LogP contribution is 2.43. The second kappa shape index (κ2) is 7.31. The molecule has 0 amide bonds. The molecule has 0 bridgehead atoms. The summed E-state index contributed by atoms with van der Waals surface area (Å²) in [7, 11) is 0. The van der Waals surface area contributed by atoms with Gasteiger partial charge in [0, 0.05) is 30.1 Å². The second-order valence-corrected chi connectivity index (χ2v) is 8.04. The predicted molar refractivity (Wildman–Crippen MR) is 112 cm³/mol. The molecule has 1 atom stereocenters. The van der Waals surface area contributed by atoms with Crippen molar-refractivity contribution < 1.29 is 4.92 Å². The highest BCUT2D eigenvalue weighted by atomic mass is 35.5. The first-order valence-corrected chi connectivity index (χ1v) is 9.50. The Balaban J connectivity index is 1.92. The number of hydrogen-bond donors (Lipinski definition) is 0. The van der Waals surface area contributed by atoms with Gasteiger partial charge < -0.3 is 4.90 Å². The lowest BCUT2D eigenvalue weighted by Gasteiger charge is -2.47. The molecule has 0 spiro atoms. The Hall–Kier alpha value is -2.40. The lowest BCUT2D eigenvalue weighted by molar-refractivity contribution is -0.384. The number of hydrogen-bond acceptors (Lipinski definition) is 4. The zero-order chi connectivity index (χ0) is 19.8. The van der Waals surface area contributed by atoms with Crippen LogP contribution in [0.3, 0.4) is 0 Å². The molecule has 1 unspecified atom stereocenters. The van der Waals surface area contributed by atoms with Gasteiger partial charge in [0.15, 0.2) is 0 Å². The molecule has 142 valence electrons. The molecule has 2 aromatic rings. The molecule has 1 aliphatic rings. The van der Waals surface area contributed by atoms with Crippen molar-refractivity contribution >= 4 is 34.9 Å². The molecule has 0 aliphatic carbocycles. The van der Waals surface area contributed by atoms with Crippen LogP contribution in [0.5, 0.6) is 0 Å². The molecule has 2 aromatic carbocycles. The zero-order valence-corrected chi connectivity index (χ0v) is 16.8. The van der Waals surface area contributed by atoms with Crippen LogP contribution in [0.15, 0.2) is 41.4 Å². The molecule has 27 heavy (non-hydrogen) atoms. The van der Waals surface area contributed by atoms with Crippen molar-refractivity contribution in [2.24, 2.45) is 4.99 Å².